The van der Waals surface area contributed by atoms with Gasteiger partial charge in [0.05, 0.1) is 12.0 Å². The number of benzene rings is 1. The van der Waals surface area contributed by atoms with Crippen molar-refractivity contribution in [1.82, 2.24) is 5.32 Å². The van der Waals surface area contributed by atoms with E-state index in [-0.39, 0.29) is 10.9 Å². The quantitative estimate of drug-likeness (QED) is 0.397. The number of hydrogen-bond donors (Lipinski definition) is 3. The number of anilines is 1. The van der Waals surface area contributed by atoms with Crippen LogP contribution >= 0.6 is 12.2 Å². The fourth-order valence-electron chi connectivity index (χ4n) is 1.44. The van der Waals surface area contributed by atoms with Crippen molar-refractivity contribution in [2.45, 2.75) is 17.7 Å². The zero-order chi connectivity index (χ0) is 15.9. The summed E-state index contributed by atoms with van der Waals surface area (Å²) in [6, 6.07) is 5.89. The Balaban J connectivity index is 2.40. The lowest BCUT2D eigenvalue weighted by Crippen LogP contribution is -2.29. The first kappa shape index (κ1) is 17.3. The molecule has 0 saturated heterocycles. The lowest BCUT2D eigenvalue weighted by Gasteiger charge is -2.10. The topological polar surface area (TPSA) is 111 Å². The summed E-state index contributed by atoms with van der Waals surface area (Å²) < 4.78 is 26.7. The van der Waals surface area contributed by atoms with Gasteiger partial charge in [0.15, 0.2) is 5.11 Å². The highest BCUT2D eigenvalue weighted by molar-refractivity contribution is 7.89. The van der Waals surface area contributed by atoms with Gasteiger partial charge < -0.3 is 15.4 Å². The predicted molar refractivity (Wildman–Crippen MR) is 83.3 cm³/mol. The number of nitrogens with two attached hydrogens (primary N) is 1. The van der Waals surface area contributed by atoms with E-state index in [2.05, 4.69) is 15.4 Å². The maximum atomic E-state index is 11.1. The highest BCUT2D eigenvalue weighted by Gasteiger charge is 2.07. The number of esters is 1. The number of sulfonamides is 1. The molecule has 9 heteroatoms. The van der Waals surface area contributed by atoms with Crippen LogP contribution in [-0.4, -0.2) is 33.2 Å². The van der Waals surface area contributed by atoms with Crippen molar-refractivity contribution in [2.75, 3.05) is 19.0 Å². The molecule has 0 aliphatic rings. The summed E-state index contributed by atoms with van der Waals surface area (Å²) >= 11 is 5.07. The Hall–Kier alpha value is -1.71. The average molecular weight is 331 g/mol. The van der Waals surface area contributed by atoms with E-state index >= 15 is 0 Å². The number of thiocarbonyl (C=S) groups is 1. The summed E-state index contributed by atoms with van der Waals surface area (Å²) in [5.41, 5.74) is 0.632. The first-order chi connectivity index (χ1) is 9.82. The Labute approximate surface area is 128 Å². The monoisotopic (exact) mass is 331 g/mol. The Kier molecular flexibility index (Phi) is 6.53. The van der Waals surface area contributed by atoms with Crippen LogP contribution in [0.5, 0.6) is 0 Å². The maximum Gasteiger partial charge on any atom is 0.305 e. The van der Waals surface area contributed by atoms with Gasteiger partial charge in [0.2, 0.25) is 10.0 Å². The van der Waals surface area contributed by atoms with Gasteiger partial charge in [-0.25, -0.2) is 13.6 Å². The molecule has 0 heterocycles. The molecule has 0 saturated carbocycles. The minimum absolute atomic E-state index is 0.0324. The Bertz CT molecular complexity index is 599. The van der Waals surface area contributed by atoms with Gasteiger partial charge in [-0.15, -0.1) is 0 Å². The molecule has 0 aromatic heterocycles. The van der Waals surface area contributed by atoms with Crippen molar-refractivity contribution >= 4 is 39.0 Å². The van der Waals surface area contributed by atoms with E-state index in [0.29, 0.717) is 30.2 Å². The molecule has 0 bridgehead atoms. The van der Waals surface area contributed by atoms with Crippen molar-refractivity contribution in [3.63, 3.8) is 0 Å². The first-order valence-corrected chi connectivity index (χ1v) is 8.03. The van der Waals surface area contributed by atoms with Gasteiger partial charge in [-0.3, -0.25) is 4.79 Å². The van der Waals surface area contributed by atoms with Crippen LogP contribution in [0, 0.1) is 0 Å². The smallest absolute Gasteiger partial charge is 0.305 e. The largest absolute Gasteiger partial charge is 0.469 e. The minimum atomic E-state index is -3.70. The second kappa shape index (κ2) is 7.91. The van der Waals surface area contributed by atoms with Crippen LogP contribution in [0.3, 0.4) is 0 Å². The molecule has 116 valence electrons. The third-order valence-corrected chi connectivity index (χ3v) is 3.69. The molecule has 0 unspecified atom stereocenters. The Morgan fingerprint density at radius 1 is 1.33 bits per heavy atom. The molecule has 1 aromatic carbocycles. The molecule has 1 aromatic rings. The number of carbonyl (C=O) groups is 1. The van der Waals surface area contributed by atoms with Crippen LogP contribution in [0.15, 0.2) is 29.2 Å². The summed E-state index contributed by atoms with van der Waals surface area (Å²) in [4.78, 5) is 10.9. The first-order valence-electron chi connectivity index (χ1n) is 6.07. The van der Waals surface area contributed by atoms with Gasteiger partial charge in [-0.05, 0) is 42.9 Å². The van der Waals surface area contributed by atoms with Gasteiger partial charge in [-0.1, -0.05) is 0 Å². The van der Waals surface area contributed by atoms with Gasteiger partial charge >= 0.3 is 5.97 Å². The fraction of sp³-hybridized carbons (Fsp3) is 0.333. The van der Waals surface area contributed by atoms with E-state index in [1.54, 1.807) is 12.1 Å². The normalized spacial score (nSPS) is 10.8. The zero-order valence-corrected chi connectivity index (χ0v) is 13.1. The number of rotatable bonds is 6. The zero-order valence-electron chi connectivity index (χ0n) is 11.5. The summed E-state index contributed by atoms with van der Waals surface area (Å²) in [7, 11) is -2.36. The number of hydrogen-bond acceptors (Lipinski definition) is 5. The van der Waals surface area contributed by atoms with Crippen molar-refractivity contribution < 1.29 is 17.9 Å². The second-order valence-corrected chi connectivity index (χ2v) is 6.10. The van der Waals surface area contributed by atoms with Crippen LogP contribution in [-0.2, 0) is 19.6 Å². The van der Waals surface area contributed by atoms with Gasteiger partial charge in [0, 0.05) is 18.7 Å². The average Bonchev–Trinajstić information content (AvgIpc) is 2.43. The minimum Gasteiger partial charge on any atom is -0.469 e. The molecule has 0 aliphatic heterocycles. The molecule has 0 amide bonds. The summed E-state index contributed by atoms with van der Waals surface area (Å²) in [5.74, 6) is -0.269. The number of methoxy groups -OCH3 is 1. The lowest BCUT2D eigenvalue weighted by molar-refractivity contribution is -0.140. The van der Waals surface area contributed by atoms with E-state index in [9.17, 15) is 13.2 Å². The SMILES string of the molecule is COC(=O)CCCNC(=S)Nc1ccc(S(N)(=O)=O)cc1. The highest BCUT2D eigenvalue weighted by atomic mass is 32.2. The molecule has 4 N–H and O–H groups in total. The fourth-order valence-corrected chi connectivity index (χ4v) is 2.18. The molecule has 1 rings (SSSR count). The third kappa shape index (κ3) is 6.52. The Morgan fingerprint density at radius 3 is 2.48 bits per heavy atom. The van der Waals surface area contributed by atoms with Crippen LogP contribution in [0.1, 0.15) is 12.8 Å². The molecular formula is C12H17N3O4S2. The van der Waals surface area contributed by atoms with Crippen LogP contribution in [0.4, 0.5) is 5.69 Å². The van der Waals surface area contributed by atoms with Crippen molar-refractivity contribution in [3.05, 3.63) is 24.3 Å². The summed E-state index contributed by atoms with van der Waals surface area (Å²) in [6.07, 6.45) is 0.911. The van der Waals surface area contributed by atoms with E-state index in [0.717, 1.165) is 0 Å². The van der Waals surface area contributed by atoms with Crippen LogP contribution in [0.25, 0.3) is 0 Å². The number of nitrogens with one attached hydrogen (secondary N) is 2. The Morgan fingerprint density at radius 2 is 1.95 bits per heavy atom. The van der Waals surface area contributed by atoms with Crippen molar-refractivity contribution in [3.8, 4) is 0 Å². The highest BCUT2D eigenvalue weighted by Crippen LogP contribution is 2.12. The maximum absolute atomic E-state index is 11.1. The predicted octanol–water partition coefficient (Wildman–Crippen LogP) is 0.574. The molecule has 21 heavy (non-hydrogen) atoms. The van der Waals surface area contributed by atoms with Crippen LogP contribution in [0.2, 0.25) is 0 Å². The number of ether oxygens (including phenoxy) is 1. The van der Waals surface area contributed by atoms with Crippen LogP contribution < -0.4 is 15.8 Å². The molecule has 0 radical (unpaired) electrons. The number of carbonyl (C=O) groups excluding carboxylic acids is 1. The van der Waals surface area contributed by atoms with Gasteiger partial charge in [0.1, 0.15) is 0 Å². The van der Waals surface area contributed by atoms with E-state index in [4.69, 9.17) is 17.4 Å². The standard InChI is InChI=1S/C12H17N3O4S2/c1-19-11(16)3-2-8-14-12(20)15-9-4-6-10(7-5-9)21(13,17)18/h4-7H,2-3,8H2,1H3,(H2,13,17,18)(H2,14,15,20). The van der Waals surface area contributed by atoms with Crippen molar-refractivity contribution in [1.29, 1.82) is 0 Å². The van der Waals surface area contributed by atoms with Crippen molar-refractivity contribution in [2.24, 2.45) is 5.14 Å². The molecular weight excluding hydrogens is 314 g/mol. The van der Waals surface area contributed by atoms with Gasteiger partial charge in [-0.2, -0.15) is 0 Å². The second-order valence-electron chi connectivity index (χ2n) is 4.13. The molecule has 0 spiro atoms. The molecule has 0 aliphatic carbocycles. The number of primary sulfonamides is 1. The molecule has 0 atom stereocenters. The van der Waals surface area contributed by atoms with E-state index in [1.807, 2.05) is 0 Å². The summed E-state index contributed by atoms with van der Waals surface area (Å²) in [5, 5.41) is 11.2. The summed E-state index contributed by atoms with van der Waals surface area (Å²) in [6.45, 7) is 0.524. The van der Waals surface area contributed by atoms with E-state index in [1.165, 1.54) is 19.2 Å². The van der Waals surface area contributed by atoms with Gasteiger partial charge in [0.25, 0.3) is 0 Å². The lowest BCUT2D eigenvalue weighted by atomic mass is 10.3. The molecule has 7 nitrogen and oxygen atoms in total. The molecule has 0 fully saturated rings. The third-order valence-electron chi connectivity index (χ3n) is 2.51. The van der Waals surface area contributed by atoms with E-state index < -0.39 is 10.0 Å².